The predicted molar refractivity (Wildman–Crippen MR) is 61.7 cm³/mol. The first kappa shape index (κ1) is 11.6. The fourth-order valence-electron chi connectivity index (χ4n) is 1.08. The number of hydrogen-bond acceptors (Lipinski definition) is 3. The highest BCUT2D eigenvalue weighted by Crippen LogP contribution is 2.16. The predicted octanol–water partition coefficient (Wildman–Crippen LogP) is 3.11. The quantitative estimate of drug-likeness (QED) is 0.530. The minimum absolute atomic E-state index is 0.732. The second-order valence-corrected chi connectivity index (χ2v) is 3.78. The van der Waals surface area contributed by atoms with Gasteiger partial charge in [0.1, 0.15) is 0 Å². The van der Waals surface area contributed by atoms with E-state index in [1.54, 1.807) is 11.9 Å². The van der Waals surface area contributed by atoms with Crippen molar-refractivity contribution in [3.05, 3.63) is 35.9 Å². The topological polar surface area (TPSA) is 12.5 Å². The van der Waals surface area contributed by atoms with Gasteiger partial charge < -0.3 is 0 Å². The second kappa shape index (κ2) is 6.87. The third-order valence-electron chi connectivity index (χ3n) is 1.75. The Hall–Kier alpha value is -0.510. The van der Waals surface area contributed by atoms with Gasteiger partial charge in [0.25, 0.3) is 0 Å². The van der Waals surface area contributed by atoms with Crippen LogP contribution in [0.15, 0.2) is 30.3 Å². The van der Waals surface area contributed by atoms with Crippen molar-refractivity contribution in [1.82, 2.24) is 4.47 Å². The highest BCUT2D eigenvalue weighted by atomic mass is 32.2. The van der Waals surface area contributed by atoms with E-state index >= 15 is 0 Å². The lowest BCUT2D eigenvalue weighted by Crippen LogP contribution is -2.15. The summed E-state index contributed by atoms with van der Waals surface area (Å²) >= 11 is 1.71. The summed E-state index contributed by atoms with van der Waals surface area (Å²) in [4.78, 5) is 5.41. The number of benzene rings is 1. The van der Waals surface area contributed by atoms with Crippen molar-refractivity contribution in [1.29, 1.82) is 0 Å². The molecule has 0 atom stereocenters. The summed E-state index contributed by atoms with van der Waals surface area (Å²) in [7, 11) is 0. The molecule has 0 bridgehead atoms. The van der Waals surface area contributed by atoms with Crippen LogP contribution in [-0.4, -0.2) is 17.6 Å². The molecule has 0 aromatic heterocycles. The minimum Gasteiger partial charge on any atom is -0.289 e. The highest BCUT2D eigenvalue weighted by Gasteiger charge is 2.02. The maximum absolute atomic E-state index is 5.41. The average molecular weight is 211 g/mol. The average Bonchev–Trinajstić information content (AvgIpc) is 2.25. The van der Waals surface area contributed by atoms with Gasteiger partial charge in [0, 0.05) is 12.3 Å². The molecular formula is C11H17NOS. The molecule has 14 heavy (non-hydrogen) atoms. The van der Waals surface area contributed by atoms with Crippen LogP contribution in [0.1, 0.15) is 19.4 Å². The molecule has 2 nitrogen and oxygen atoms in total. The van der Waals surface area contributed by atoms with E-state index in [2.05, 4.69) is 31.2 Å². The lowest BCUT2D eigenvalue weighted by atomic mass is 10.2. The van der Waals surface area contributed by atoms with E-state index in [1.807, 2.05) is 17.5 Å². The zero-order chi connectivity index (χ0) is 10.2. The van der Waals surface area contributed by atoms with Crippen molar-refractivity contribution in [2.24, 2.45) is 0 Å². The second-order valence-electron chi connectivity index (χ2n) is 2.83. The van der Waals surface area contributed by atoms with Gasteiger partial charge in [0.15, 0.2) is 0 Å². The zero-order valence-corrected chi connectivity index (χ0v) is 9.59. The van der Waals surface area contributed by atoms with Crippen LogP contribution in [0.5, 0.6) is 0 Å². The maximum Gasteiger partial charge on any atom is 0.0667 e. The molecule has 0 saturated carbocycles. The van der Waals surface area contributed by atoms with Gasteiger partial charge in [-0.25, -0.2) is 0 Å². The summed E-state index contributed by atoms with van der Waals surface area (Å²) in [6.45, 7) is 5.74. The molecule has 0 fully saturated rings. The van der Waals surface area contributed by atoms with E-state index in [9.17, 15) is 0 Å². The standard InChI is InChI=1S/C11H17NOS/c1-3-12(13-4-2)14-10-11-8-6-5-7-9-11/h5-9H,3-4,10H2,1-2H3. The fraction of sp³-hybridized carbons (Fsp3) is 0.455. The minimum atomic E-state index is 0.732. The monoisotopic (exact) mass is 211 g/mol. The lowest BCUT2D eigenvalue weighted by molar-refractivity contribution is -0.0646. The molecule has 1 aromatic rings. The third-order valence-corrected chi connectivity index (χ3v) is 2.86. The van der Waals surface area contributed by atoms with E-state index in [4.69, 9.17) is 4.84 Å². The summed E-state index contributed by atoms with van der Waals surface area (Å²) < 4.78 is 1.92. The largest absolute Gasteiger partial charge is 0.289 e. The van der Waals surface area contributed by atoms with Gasteiger partial charge >= 0.3 is 0 Å². The molecule has 78 valence electrons. The Kier molecular flexibility index (Phi) is 5.68. The summed E-state index contributed by atoms with van der Waals surface area (Å²) in [6.07, 6.45) is 0. The molecule has 0 aliphatic carbocycles. The molecule has 0 amide bonds. The Bertz CT molecular complexity index is 240. The van der Waals surface area contributed by atoms with Crippen LogP contribution >= 0.6 is 11.9 Å². The van der Waals surface area contributed by atoms with Crippen molar-refractivity contribution < 1.29 is 4.84 Å². The van der Waals surface area contributed by atoms with Crippen LogP contribution in [-0.2, 0) is 10.6 Å². The number of hydrogen-bond donors (Lipinski definition) is 0. The smallest absolute Gasteiger partial charge is 0.0667 e. The van der Waals surface area contributed by atoms with Crippen molar-refractivity contribution >= 4 is 11.9 Å². The Morgan fingerprint density at radius 1 is 1.21 bits per heavy atom. The summed E-state index contributed by atoms with van der Waals surface area (Å²) in [5.74, 6) is 0.967. The van der Waals surface area contributed by atoms with Crippen LogP contribution in [0.4, 0.5) is 0 Å². The van der Waals surface area contributed by atoms with Gasteiger partial charge in [-0.1, -0.05) is 30.3 Å². The highest BCUT2D eigenvalue weighted by molar-refractivity contribution is 7.96. The van der Waals surface area contributed by atoms with Crippen LogP contribution in [0.2, 0.25) is 0 Å². The molecule has 0 unspecified atom stereocenters. The van der Waals surface area contributed by atoms with Crippen LogP contribution in [0.25, 0.3) is 0 Å². The van der Waals surface area contributed by atoms with Crippen molar-refractivity contribution in [2.75, 3.05) is 13.2 Å². The Balaban J connectivity index is 2.32. The van der Waals surface area contributed by atoms with E-state index in [1.165, 1.54) is 5.56 Å². The van der Waals surface area contributed by atoms with Crippen molar-refractivity contribution in [3.8, 4) is 0 Å². The van der Waals surface area contributed by atoms with Gasteiger partial charge in [0.05, 0.1) is 6.61 Å². The van der Waals surface area contributed by atoms with E-state index in [0.29, 0.717) is 0 Å². The van der Waals surface area contributed by atoms with Crippen molar-refractivity contribution in [2.45, 2.75) is 19.6 Å². The molecule has 0 saturated heterocycles. The molecular weight excluding hydrogens is 194 g/mol. The Labute approximate surface area is 90.3 Å². The van der Waals surface area contributed by atoms with Crippen molar-refractivity contribution in [3.63, 3.8) is 0 Å². The SMILES string of the molecule is CCON(CC)SCc1ccccc1. The van der Waals surface area contributed by atoms with E-state index in [0.717, 1.165) is 18.9 Å². The molecule has 0 aliphatic heterocycles. The van der Waals surface area contributed by atoms with Gasteiger partial charge in [-0.15, -0.1) is 4.47 Å². The molecule has 0 radical (unpaired) electrons. The first-order chi connectivity index (χ1) is 6.86. The third kappa shape index (κ3) is 4.13. The van der Waals surface area contributed by atoms with E-state index < -0.39 is 0 Å². The van der Waals surface area contributed by atoms with Crippen LogP contribution in [0.3, 0.4) is 0 Å². The summed E-state index contributed by atoms with van der Waals surface area (Å²) in [6, 6.07) is 10.4. The molecule has 0 heterocycles. The Morgan fingerprint density at radius 3 is 2.50 bits per heavy atom. The van der Waals surface area contributed by atoms with Gasteiger partial charge in [-0.3, -0.25) is 4.84 Å². The van der Waals surface area contributed by atoms with Gasteiger partial charge in [-0.05, 0) is 31.4 Å². The lowest BCUT2D eigenvalue weighted by Gasteiger charge is -2.17. The summed E-state index contributed by atoms with van der Waals surface area (Å²) in [5, 5.41) is 0. The van der Waals surface area contributed by atoms with Crippen LogP contribution in [0, 0.1) is 0 Å². The molecule has 3 heteroatoms. The molecule has 1 aromatic carbocycles. The fourth-order valence-corrected chi connectivity index (χ4v) is 1.93. The number of rotatable bonds is 6. The number of hydroxylamine groups is 1. The first-order valence-corrected chi connectivity index (χ1v) is 5.88. The molecule has 0 aliphatic rings. The van der Waals surface area contributed by atoms with Crippen LogP contribution < -0.4 is 0 Å². The zero-order valence-electron chi connectivity index (χ0n) is 8.77. The molecule has 0 spiro atoms. The molecule has 1 rings (SSSR count). The van der Waals surface area contributed by atoms with Gasteiger partial charge in [-0.2, -0.15) is 0 Å². The van der Waals surface area contributed by atoms with Gasteiger partial charge in [0.2, 0.25) is 0 Å². The van der Waals surface area contributed by atoms with E-state index in [-0.39, 0.29) is 0 Å². The summed E-state index contributed by atoms with van der Waals surface area (Å²) in [5.41, 5.74) is 1.33. The maximum atomic E-state index is 5.41. The number of nitrogens with zero attached hydrogens (tertiary/aromatic N) is 1. The normalized spacial score (nSPS) is 10.8. The Morgan fingerprint density at radius 2 is 1.93 bits per heavy atom. The molecule has 0 N–H and O–H groups in total. The first-order valence-electron chi connectivity index (χ1n) is 4.94.